The molecule has 0 aromatic carbocycles. The third-order valence-electron chi connectivity index (χ3n) is 5.66. The molecule has 150 valence electrons. The Bertz CT molecular complexity index is 696. The van der Waals surface area contributed by atoms with Gasteiger partial charge >= 0.3 is 0 Å². The second-order valence-electron chi connectivity index (χ2n) is 7.44. The van der Waals surface area contributed by atoms with Gasteiger partial charge in [0.2, 0.25) is 5.91 Å². The highest BCUT2D eigenvalue weighted by atomic mass is 16.5. The predicted octanol–water partition coefficient (Wildman–Crippen LogP) is 3.86. The zero-order chi connectivity index (χ0) is 20.1. The number of carbonyl (C=O) groups excluding carboxylic acids is 1. The summed E-state index contributed by atoms with van der Waals surface area (Å²) in [6.07, 6.45) is 7.60. The van der Waals surface area contributed by atoms with Crippen molar-refractivity contribution in [1.29, 1.82) is 0 Å². The summed E-state index contributed by atoms with van der Waals surface area (Å²) in [6, 6.07) is 0.0970. The van der Waals surface area contributed by atoms with Crippen LogP contribution in [-0.2, 0) is 9.53 Å². The molecule has 5 heteroatoms. The van der Waals surface area contributed by atoms with Gasteiger partial charge in [-0.1, -0.05) is 32.2 Å². The first-order chi connectivity index (χ1) is 12.8. The van der Waals surface area contributed by atoms with Gasteiger partial charge in [-0.15, -0.1) is 0 Å². The molecule has 0 aliphatic carbocycles. The zero-order valence-electron chi connectivity index (χ0n) is 17.3. The standard InChI is InChI=1S/C22H33N3O2.H2/c1-8-19-13-23-21(24-15(3)10-9-14(19)2)20-12-11-16(4)25(20)22(26)17(5)18(6)27-7;/h8-10,16-18,20H,2-3,11-13H2,1,4-7H3,(H,23,24);1H/b10-9-,19-8-;/t16-,17?,18+,20-;/m0./s1. The maximum atomic E-state index is 13.2. The molecule has 2 aliphatic rings. The summed E-state index contributed by atoms with van der Waals surface area (Å²) in [5.74, 6) is 0.707. The molecule has 1 amide bonds. The fourth-order valence-electron chi connectivity index (χ4n) is 3.55. The van der Waals surface area contributed by atoms with E-state index in [1.165, 1.54) is 0 Å². The lowest BCUT2D eigenvalue weighted by Gasteiger charge is -2.33. The molecule has 4 atom stereocenters. The van der Waals surface area contributed by atoms with E-state index < -0.39 is 0 Å². The molecule has 1 saturated heterocycles. The van der Waals surface area contributed by atoms with E-state index in [0.29, 0.717) is 6.54 Å². The van der Waals surface area contributed by atoms with Crippen LogP contribution in [0, 0.1) is 5.92 Å². The lowest BCUT2D eigenvalue weighted by Crippen LogP contribution is -2.51. The van der Waals surface area contributed by atoms with Crippen molar-refractivity contribution in [2.24, 2.45) is 10.9 Å². The molecule has 1 fully saturated rings. The summed E-state index contributed by atoms with van der Waals surface area (Å²) in [6.45, 7) is 16.7. The average molecular weight is 374 g/mol. The Hall–Kier alpha value is -2.14. The molecule has 0 radical (unpaired) electrons. The van der Waals surface area contributed by atoms with Gasteiger partial charge in [0, 0.05) is 20.3 Å². The van der Waals surface area contributed by atoms with Gasteiger partial charge in [-0.2, -0.15) is 0 Å². The maximum absolute atomic E-state index is 13.2. The van der Waals surface area contributed by atoms with Gasteiger partial charge in [0.25, 0.3) is 0 Å². The van der Waals surface area contributed by atoms with Crippen molar-refractivity contribution in [2.45, 2.75) is 58.7 Å². The van der Waals surface area contributed by atoms with Crippen LogP contribution >= 0.6 is 0 Å². The van der Waals surface area contributed by atoms with Crippen LogP contribution in [-0.4, -0.2) is 48.5 Å². The van der Waals surface area contributed by atoms with Gasteiger partial charge in [-0.3, -0.25) is 9.79 Å². The van der Waals surface area contributed by atoms with E-state index in [0.717, 1.165) is 35.5 Å². The molecule has 27 heavy (non-hydrogen) atoms. The number of hydrogen-bond donors (Lipinski definition) is 1. The molecular formula is C22H35N3O2. The lowest BCUT2D eigenvalue weighted by atomic mass is 10.0. The number of ether oxygens (including phenoxy) is 1. The second-order valence-corrected chi connectivity index (χ2v) is 7.44. The van der Waals surface area contributed by atoms with Crippen molar-refractivity contribution in [1.82, 2.24) is 10.2 Å². The fraction of sp³-hybridized carbons (Fsp3) is 0.545. The summed E-state index contributed by atoms with van der Waals surface area (Å²) in [5, 5.41) is 3.33. The Morgan fingerprint density at radius 2 is 2.11 bits per heavy atom. The molecule has 2 rings (SSSR count). The van der Waals surface area contributed by atoms with Crippen LogP contribution in [0.2, 0.25) is 0 Å². The monoisotopic (exact) mass is 373 g/mol. The Balaban J connectivity index is 0.00000392. The third-order valence-corrected chi connectivity index (χ3v) is 5.66. The highest BCUT2D eigenvalue weighted by molar-refractivity contribution is 5.94. The number of rotatable bonds is 4. The summed E-state index contributed by atoms with van der Waals surface area (Å²) in [5.41, 5.74) is 2.75. The maximum Gasteiger partial charge on any atom is 0.228 e. The van der Waals surface area contributed by atoms with Crippen molar-refractivity contribution in [3.8, 4) is 0 Å². The van der Waals surface area contributed by atoms with Gasteiger partial charge in [0.05, 0.1) is 24.6 Å². The molecule has 0 aromatic heterocycles. The number of carbonyl (C=O) groups is 1. The largest absolute Gasteiger partial charge is 0.381 e. The van der Waals surface area contributed by atoms with E-state index in [2.05, 4.69) is 25.4 Å². The van der Waals surface area contributed by atoms with Crippen molar-refractivity contribution < 1.29 is 11.0 Å². The van der Waals surface area contributed by atoms with Gasteiger partial charge in [0.1, 0.15) is 5.84 Å². The van der Waals surface area contributed by atoms with Crippen LogP contribution in [0.15, 0.2) is 53.2 Å². The Morgan fingerprint density at radius 3 is 2.74 bits per heavy atom. The zero-order valence-corrected chi connectivity index (χ0v) is 17.3. The molecule has 0 aromatic rings. The van der Waals surface area contributed by atoms with Crippen LogP contribution in [0.5, 0.6) is 0 Å². The highest BCUT2D eigenvalue weighted by Crippen LogP contribution is 2.28. The van der Waals surface area contributed by atoms with Crippen LogP contribution in [0.3, 0.4) is 0 Å². The normalized spacial score (nSPS) is 28.7. The van der Waals surface area contributed by atoms with Gasteiger partial charge in [0.15, 0.2) is 0 Å². The average Bonchev–Trinajstić information content (AvgIpc) is 3.06. The first-order valence-electron chi connectivity index (χ1n) is 9.67. The van der Waals surface area contributed by atoms with E-state index in [9.17, 15) is 4.79 Å². The van der Waals surface area contributed by atoms with Crippen molar-refractivity contribution in [3.63, 3.8) is 0 Å². The molecule has 1 unspecified atom stereocenters. The highest BCUT2D eigenvalue weighted by Gasteiger charge is 2.40. The van der Waals surface area contributed by atoms with E-state index in [-0.39, 0.29) is 31.4 Å². The number of hydrogen-bond acceptors (Lipinski definition) is 4. The SMILES string of the molecule is C=C1/C=C\C(=C)/C(=C\C)CN=C([C@@H]2CC[C@H](C)N2C(=O)C(C)[C@@H](C)OC)N1.[HH]. The number of amides is 1. The molecule has 5 nitrogen and oxygen atoms in total. The molecule has 0 saturated carbocycles. The summed E-state index contributed by atoms with van der Waals surface area (Å²) < 4.78 is 5.39. The van der Waals surface area contributed by atoms with E-state index in [1.807, 2.05) is 43.9 Å². The van der Waals surface area contributed by atoms with Gasteiger partial charge in [-0.05, 0) is 50.8 Å². The molecule has 2 aliphatic heterocycles. The van der Waals surface area contributed by atoms with E-state index in [4.69, 9.17) is 9.73 Å². The predicted molar refractivity (Wildman–Crippen MR) is 114 cm³/mol. The molecule has 2 heterocycles. The number of aliphatic imine (C=N–C) groups is 1. The minimum Gasteiger partial charge on any atom is -0.381 e. The van der Waals surface area contributed by atoms with Crippen molar-refractivity contribution in [2.75, 3.05) is 13.7 Å². The van der Waals surface area contributed by atoms with Gasteiger partial charge in [-0.25, -0.2) is 0 Å². The minimum absolute atomic E-state index is 0. The first-order valence-corrected chi connectivity index (χ1v) is 9.67. The van der Waals surface area contributed by atoms with Crippen molar-refractivity contribution >= 4 is 11.7 Å². The van der Waals surface area contributed by atoms with Crippen LogP contribution < -0.4 is 5.32 Å². The number of likely N-dealkylation sites (tertiary alicyclic amines) is 1. The van der Waals surface area contributed by atoms with Crippen LogP contribution in [0.1, 0.15) is 42.0 Å². The number of nitrogens with one attached hydrogen (secondary N) is 1. The van der Waals surface area contributed by atoms with E-state index in [1.54, 1.807) is 7.11 Å². The number of allylic oxidation sites excluding steroid dienone is 3. The third kappa shape index (κ3) is 4.78. The Kier molecular flexibility index (Phi) is 7.19. The molecular weight excluding hydrogens is 338 g/mol. The molecule has 0 spiro atoms. The summed E-state index contributed by atoms with van der Waals surface area (Å²) >= 11 is 0. The second kappa shape index (κ2) is 9.18. The van der Waals surface area contributed by atoms with E-state index >= 15 is 0 Å². The van der Waals surface area contributed by atoms with Crippen molar-refractivity contribution in [3.05, 3.63) is 48.2 Å². The minimum atomic E-state index is -0.205. The first kappa shape index (κ1) is 21.2. The number of amidine groups is 1. The fourth-order valence-corrected chi connectivity index (χ4v) is 3.55. The van der Waals surface area contributed by atoms with Crippen LogP contribution in [0.25, 0.3) is 0 Å². The summed E-state index contributed by atoms with van der Waals surface area (Å²) in [4.78, 5) is 20.0. The lowest BCUT2D eigenvalue weighted by molar-refractivity contribution is -0.140. The topological polar surface area (TPSA) is 53.9 Å². The molecule has 1 N–H and O–H groups in total. The summed E-state index contributed by atoms with van der Waals surface area (Å²) in [7, 11) is 1.64. The number of methoxy groups -OCH3 is 1. The quantitative estimate of drug-likeness (QED) is 0.814. The van der Waals surface area contributed by atoms with Crippen LogP contribution in [0.4, 0.5) is 0 Å². The number of nitrogens with zero attached hydrogens (tertiary/aromatic N) is 2. The van der Waals surface area contributed by atoms with Gasteiger partial charge < -0.3 is 15.0 Å². The smallest absolute Gasteiger partial charge is 0.228 e. The Labute approximate surface area is 165 Å². The Morgan fingerprint density at radius 1 is 1.41 bits per heavy atom. The molecule has 0 bridgehead atoms.